The predicted molar refractivity (Wildman–Crippen MR) is 304 cm³/mol. The number of nitrogens with zero attached hydrogens (tertiary/aromatic N) is 6. The molecule has 6 rings (SSSR count). The zero-order valence-electron chi connectivity index (χ0n) is 48.9. The van der Waals surface area contributed by atoms with Crippen LogP contribution in [-0.2, 0) is 47.8 Å². The molecule has 0 saturated carbocycles. The van der Waals surface area contributed by atoms with E-state index in [2.05, 4.69) is 31.2 Å². The van der Waals surface area contributed by atoms with Crippen molar-refractivity contribution in [3.8, 4) is 11.5 Å². The van der Waals surface area contributed by atoms with E-state index in [9.17, 15) is 48.6 Å². The van der Waals surface area contributed by atoms with E-state index in [-0.39, 0.29) is 30.4 Å². The van der Waals surface area contributed by atoms with Crippen LogP contribution in [0.2, 0.25) is 0 Å². The summed E-state index contributed by atoms with van der Waals surface area (Å²) in [5.41, 5.74) is -0.102. The van der Waals surface area contributed by atoms with Gasteiger partial charge in [0.25, 0.3) is 11.8 Å². The van der Waals surface area contributed by atoms with Crippen LogP contribution in [0.1, 0.15) is 89.2 Å². The SMILES string of the molecule is CC(C)C(C)[C@H]1C(=O)OC[C@@H](NC(=O)c2nc3ccccc3cc2O)C(=O)N[C@@H](C)C(=O)N(C)[C@H]2C/C=C\C[C@@H](C(=O)N1C)N(C)C(=O)[C@H](C)NC(=O)[C@H](CNC(=O)c1nc3ccccc3cc1O)COC(=O)[C@H](C(C)C(C)C)N(C)C2=O. The number of carbonyl (C=O) groups is 10. The second-order valence-corrected chi connectivity index (χ2v) is 22.1. The summed E-state index contributed by atoms with van der Waals surface area (Å²) in [7, 11) is 5.33. The Bertz CT molecular complexity index is 3170. The van der Waals surface area contributed by atoms with Gasteiger partial charge < -0.3 is 60.6 Å². The van der Waals surface area contributed by atoms with Crippen molar-refractivity contribution in [3.63, 3.8) is 0 Å². The van der Waals surface area contributed by atoms with Crippen LogP contribution in [0.25, 0.3) is 21.8 Å². The smallest absolute Gasteiger partial charge is 0.329 e. The molecule has 0 spiro atoms. The number of aromatic hydroxyl groups is 2. The molecule has 0 saturated heterocycles. The lowest BCUT2D eigenvalue weighted by Crippen LogP contribution is -2.60. The van der Waals surface area contributed by atoms with Crippen LogP contribution in [0.3, 0.4) is 0 Å². The van der Waals surface area contributed by atoms with Crippen molar-refractivity contribution in [1.29, 1.82) is 0 Å². The zero-order valence-corrected chi connectivity index (χ0v) is 48.9. The van der Waals surface area contributed by atoms with Gasteiger partial charge in [0.2, 0.25) is 35.4 Å². The minimum atomic E-state index is -1.76. The molecule has 8 amide bonds. The van der Waals surface area contributed by atoms with Gasteiger partial charge in [0.15, 0.2) is 11.4 Å². The maximum atomic E-state index is 15.1. The van der Waals surface area contributed by atoms with Crippen molar-refractivity contribution in [2.45, 2.75) is 111 Å². The summed E-state index contributed by atoms with van der Waals surface area (Å²) in [5, 5.41) is 33.0. The molecule has 2 aromatic heterocycles. The topological polar surface area (TPSA) is 316 Å². The molecule has 4 heterocycles. The number of benzene rings is 2. The van der Waals surface area contributed by atoms with Crippen molar-refractivity contribution in [1.82, 2.24) is 50.8 Å². The Hall–Kier alpha value is -8.70. The van der Waals surface area contributed by atoms with E-state index in [1.807, 2.05) is 13.8 Å². The van der Waals surface area contributed by atoms with Gasteiger partial charge >= 0.3 is 11.9 Å². The van der Waals surface area contributed by atoms with E-state index in [4.69, 9.17) is 9.47 Å². The highest BCUT2D eigenvalue weighted by Gasteiger charge is 2.43. The van der Waals surface area contributed by atoms with E-state index in [0.29, 0.717) is 21.8 Å². The highest BCUT2D eigenvalue weighted by atomic mass is 16.5. The summed E-state index contributed by atoms with van der Waals surface area (Å²) in [4.78, 5) is 158. The number of ether oxygens (including phenoxy) is 2. The third kappa shape index (κ3) is 14.7. The first kappa shape index (κ1) is 63.5. The van der Waals surface area contributed by atoms with Gasteiger partial charge in [-0.1, -0.05) is 90.1 Å². The fourth-order valence-corrected chi connectivity index (χ4v) is 9.91. The molecule has 446 valence electrons. The third-order valence-electron chi connectivity index (χ3n) is 15.8. The molecular formula is C59H76N10O14. The van der Waals surface area contributed by atoms with Crippen molar-refractivity contribution in [2.75, 3.05) is 47.9 Å². The largest absolute Gasteiger partial charge is 0.505 e. The lowest BCUT2D eigenvalue weighted by Gasteiger charge is -2.38. The summed E-state index contributed by atoms with van der Waals surface area (Å²) in [6.07, 6.45) is 2.57. The normalized spacial score (nSPS) is 24.7. The Labute approximate surface area is 481 Å². The number of pyridine rings is 2. The summed E-state index contributed by atoms with van der Waals surface area (Å²) < 4.78 is 11.7. The number of para-hydroxylation sites is 2. The van der Waals surface area contributed by atoms with E-state index < -0.39 is 156 Å². The number of cyclic esters (lactones) is 2. The summed E-state index contributed by atoms with van der Waals surface area (Å²) in [6.45, 7) is 11.3. The zero-order chi connectivity index (χ0) is 61.3. The number of hydrogen-bond acceptors (Lipinski definition) is 16. The molecule has 2 aromatic carbocycles. The molecule has 4 aromatic rings. The average molecular weight is 1150 g/mol. The van der Waals surface area contributed by atoms with Crippen LogP contribution >= 0.6 is 0 Å². The molecule has 2 aliphatic rings. The van der Waals surface area contributed by atoms with Gasteiger partial charge in [0.1, 0.15) is 67.0 Å². The van der Waals surface area contributed by atoms with Crippen LogP contribution in [0.5, 0.6) is 11.5 Å². The predicted octanol–water partition coefficient (Wildman–Crippen LogP) is 2.69. The van der Waals surface area contributed by atoms with Gasteiger partial charge in [0.05, 0.1) is 17.0 Å². The van der Waals surface area contributed by atoms with Gasteiger partial charge in [-0.25, -0.2) is 19.6 Å². The van der Waals surface area contributed by atoms with Gasteiger partial charge in [0, 0.05) is 45.5 Å². The molecule has 24 heteroatoms. The summed E-state index contributed by atoms with van der Waals surface area (Å²) in [6, 6.07) is 5.91. The minimum Gasteiger partial charge on any atom is -0.505 e. The second kappa shape index (κ2) is 27.4. The molecule has 0 aliphatic carbocycles. The number of fused-ring (bicyclic) bond motifs is 6. The van der Waals surface area contributed by atoms with Gasteiger partial charge in [-0.2, -0.15) is 0 Å². The summed E-state index contributed by atoms with van der Waals surface area (Å²) in [5.74, 6) is -13.2. The Morgan fingerprint density at radius 1 is 0.590 bits per heavy atom. The summed E-state index contributed by atoms with van der Waals surface area (Å²) >= 11 is 0. The molecular weight excluding hydrogens is 1070 g/mol. The Morgan fingerprint density at radius 3 is 1.45 bits per heavy atom. The van der Waals surface area contributed by atoms with Crippen LogP contribution in [-0.4, -0.2) is 189 Å². The highest BCUT2D eigenvalue weighted by molar-refractivity contribution is 6.02. The van der Waals surface area contributed by atoms with Crippen molar-refractivity contribution in [2.24, 2.45) is 29.6 Å². The van der Waals surface area contributed by atoms with Crippen molar-refractivity contribution >= 4 is 81.0 Å². The third-order valence-corrected chi connectivity index (χ3v) is 15.8. The van der Waals surface area contributed by atoms with Gasteiger partial charge in [-0.15, -0.1) is 0 Å². The average Bonchev–Trinajstić information content (AvgIpc) is 3.66. The standard InChI is InChI=1S/C59H76N10O14/c1-30(2)32(5)48-58(80)82-28-38(27-60-52(74)46-44(70)25-36-19-13-15-21-39(36)63-46)50(72)61-34(7)54(76)66(9)42-23-17-18-24-43(56(78)68(48)11)67(10)55(77)35(8)62-51(73)41(29-83-59(81)49(33(6)31(3)4)69(12)57(42)79)65-53(75)47-45(71)26-37-20-14-16-22-40(37)64-47/h13-22,25-26,30-35,38,41-43,48-49,70-71H,23-24,27-29H2,1-12H3,(H,60,74)(H,61,72)(H,62,73)(H,65,75)/b18-17-/t32?,33?,34-,35-,38+,41+,42-,43-,48-,49-/m0/s1. The number of nitrogens with one attached hydrogen (secondary N) is 4. The molecule has 83 heavy (non-hydrogen) atoms. The van der Waals surface area contributed by atoms with Crippen LogP contribution < -0.4 is 21.3 Å². The maximum Gasteiger partial charge on any atom is 0.329 e. The monoisotopic (exact) mass is 1150 g/mol. The van der Waals surface area contributed by atoms with Crippen LogP contribution in [0.15, 0.2) is 72.8 Å². The van der Waals surface area contributed by atoms with Crippen molar-refractivity contribution < 1.29 is 67.6 Å². The fraction of sp³-hybridized carbons (Fsp3) is 0.492. The number of aromatic nitrogens is 2. The lowest BCUT2D eigenvalue weighted by atomic mass is 9.88. The van der Waals surface area contributed by atoms with Crippen molar-refractivity contribution in [3.05, 3.63) is 84.2 Å². The minimum absolute atomic E-state index is 0.238. The number of carbonyl (C=O) groups excluding carboxylic acids is 10. The van der Waals surface area contributed by atoms with Crippen LogP contribution in [0.4, 0.5) is 0 Å². The quantitative estimate of drug-likeness (QED) is 0.104. The first-order valence-electron chi connectivity index (χ1n) is 27.6. The van der Waals surface area contributed by atoms with Gasteiger partial charge in [-0.3, -0.25) is 38.4 Å². The number of hydrogen-bond donors (Lipinski definition) is 6. The number of rotatable bonds is 9. The Balaban J connectivity index is 1.44. The maximum absolute atomic E-state index is 15.1. The molecule has 0 radical (unpaired) electrons. The molecule has 6 N–H and O–H groups in total. The second-order valence-electron chi connectivity index (χ2n) is 22.1. The molecule has 24 nitrogen and oxygen atoms in total. The van der Waals surface area contributed by atoms with E-state index in [0.717, 1.165) is 19.6 Å². The molecule has 0 fully saturated rings. The first-order chi connectivity index (χ1) is 39.1. The molecule has 2 bridgehead atoms. The number of esters is 2. The number of amides is 8. The van der Waals surface area contributed by atoms with E-state index in [1.54, 1.807) is 76.2 Å². The number of likely N-dealkylation sites (N-methyl/N-ethyl adjacent to an activating group) is 4. The van der Waals surface area contributed by atoms with Crippen LogP contribution in [0, 0.1) is 29.6 Å². The van der Waals surface area contributed by atoms with E-state index >= 15 is 9.59 Å². The molecule has 10 atom stereocenters. The molecule has 2 aliphatic heterocycles. The fourth-order valence-electron chi connectivity index (χ4n) is 9.91. The lowest BCUT2D eigenvalue weighted by molar-refractivity contribution is -0.162. The van der Waals surface area contributed by atoms with Gasteiger partial charge in [-0.05, 0) is 74.6 Å². The Morgan fingerprint density at radius 2 is 1.00 bits per heavy atom. The Kier molecular flexibility index (Phi) is 20.9. The molecule has 2 unspecified atom stereocenters. The van der Waals surface area contributed by atoms with E-state index in [1.165, 1.54) is 66.3 Å². The first-order valence-corrected chi connectivity index (χ1v) is 27.6. The highest BCUT2D eigenvalue weighted by Crippen LogP contribution is 2.27.